The Morgan fingerprint density at radius 3 is 2.24 bits per heavy atom. The van der Waals surface area contributed by atoms with E-state index in [2.05, 4.69) is 4.90 Å². The number of piperazine rings is 1. The lowest BCUT2D eigenvalue weighted by Gasteiger charge is -2.36. The molecular weight excluding hydrogens is 536 g/mol. The van der Waals surface area contributed by atoms with Crippen molar-refractivity contribution < 1.29 is 26.4 Å². The number of benzene rings is 3. The van der Waals surface area contributed by atoms with Crippen LogP contribution in [0.5, 0.6) is 5.75 Å². The molecule has 37 heavy (non-hydrogen) atoms. The van der Waals surface area contributed by atoms with Crippen LogP contribution < -0.4 is 9.64 Å². The van der Waals surface area contributed by atoms with Crippen LogP contribution in [-0.4, -0.2) is 66.7 Å². The molecule has 0 saturated carbocycles. The van der Waals surface area contributed by atoms with Crippen molar-refractivity contribution in [3.63, 3.8) is 0 Å². The van der Waals surface area contributed by atoms with Gasteiger partial charge < -0.3 is 14.5 Å². The summed E-state index contributed by atoms with van der Waals surface area (Å²) in [4.78, 5) is 17.2. The molecular formula is C26H25ClN2O6S2. The van der Waals surface area contributed by atoms with Crippen LogP contribution in [-0.2, 0) is 19.7 Å². The van der Waals surface area contributed by atoms with Gasteiger partial charge in [0.15, 0.2) is 19.7 Å². The topological polar surface area (TPSA) is 101 Å². The van der Waals surface area contributed by atoms with Crippen molar-refractivity contribution in [2.75, 3.05) is 43.9 Å². The first-order valence-electron chi connectivity index (χ1n) is 11.7. The largest absolute Gasteiger partial charge is 0.496 e. The molecule has 0 N–H and O–H groups in total. The molecule has 0 bridgehead atoms. The minimum absolute atomic E-state index is 0.0116. The first kappa shape index (κ1) is 25.6. The molecule has 1 saturated heterocycles. The molecule has 3 aromatic carbocycles. The van der Waals surface area contributed by atoms with Crippen LogP contribution in [0.1, 0.15) is 21.2 Å². The van der Waals surface area contributed by atoms with E-state index < -0.39 is 30.7 Å². The van der Waals surface area contributed by atoms with Crippen molar-refractivity contribution in [3.8, 4) is 5.75 Å². The number of carbonyl (C=O) groups is 1. The van der Waals surface area contributed by atoms with Gasteiger partial charge in [-0.15, -0.1) is 0 Å². The molecule has 5 rings (SSSR count). The number of methoxy groups -OCH3 is 1. The Bertz CT molecular complexity index is 1570. The summed E-state index contributed by atoms with van der Waals surface area (Å²) in [5.74, 6) is -0.968. The number of amides is 1. The molecule has 1 atom stereocenters. The van der Waals surface area contributed by atoms with Gasteiger partial charge in [0.2, 0.25) is 0 Å². The van der Waals surface area contributed by atoms with E-state index in [-0.39, 0.29) is 32.6 Å². The van der Waals surface area contributed by atoms with Crippen molar-refractivity contribution in [3.05, 3.63) is 82.9 Å². The van der Waals surface area contributed by atoms with Crippen molar-refractivity contribution in [2.24, 2.45) is 0 Å². The number of hydrogen-bond donors (Lipinski definition) is 0. The van der Waals surface area contributed by atoms with Gasteiger partial charge in [0.1, 0.15) is 11.0 Å². The Morgan fingerprint density at radius 2 is 1.59 bits per heavy atom. The molecule has 1 amide bonds. The molecule has 2 aliphatic heterocycles. The van der Waals surface area contributed by atoms with Gasteiger partial charge in [-0.2, -0.15) is 0 Å². The Morgan fingerprint density at radius 1 is 0.946 bits per heavy atom. The van der Waals surface area contributed by atoms with E-state index in [4.69, 9.17) is 16.3 Å². The highest BCUT2D eigenvalue weighted by molar-refractivity contribution is 7.96. The summed E-state index contributed by atoms with van der Waals surface area (Å²) in [6, 6.07) is 17.9. The van der Waals surface area contributed by atoms with Gasteiger partial charge in [-0.05, 0) is 36.4 Å². The number of fused-ring (bicyclic) bond motifs is 1. The monoisotopic (exact) mass is 560 g/mol. The van der Waals surface area contributed by atoms with Gasteiger partial charge in [0, 0.05) is 31.7 Å². The van der Waals surface area contributed by atoms with E-state index in [0.717, 1.165) is 5.69 Å². The maximum absolute atomic E-state index is 13.6. The zero-order valence-corrected chi connectivity index (χ0v) is 22.4. The second-order valence-corrected chi connectivity index (χ2v) is 13.5. The minimum Gasteiger partial charge on any atom is -0.496 e. The molecule has 8 nitrogen and oxygen atoms in total. The molecule has 0 aliphatic carbocycles. The van der Waals surface area contributed by atoms with Crippen LogP contribution in [0.3, 0.4) is 0 Å². The predicted octanol–water partition coefficient (Wildman–Crippen LogP) is 3.61. The Kier molecular flexibility index (Phi) is 6.68. The van der Waals surface area contributed by atoms with Crippen molar-refractivity contribution >= 4 is 42.9 Å². The molecule has 2 aliphatic rings. The molecule has 3 aromatic rings. The molecule has 194 valence electrons. The summed E-state index contributed by atoms with van der Waals surface area (Å²) in [6.45, 7) is 1.94. The highest BCUT2D eigenvalue weighted by Gasteiger charge is 2.46. The first-order chi connectivity index (χ1) is 17.6. The molecule has 0 radical (unpaired) electrons. The first-order valence-corrected chi connectivity index (χ1v) is 15.2. The van der Waals surface area contributed by atoms with Crippen molar-refractivity contribution in [1.29, 1.82) is 0 Å². The fourth-order valence-electron chi connectivity index (χ4n) is 4.97. The number of sulfone groups is 2. The Balaban J connectivity index is 1.49. The number of carbonyl (C=O) groups excluding carboxylic acids is 1. The highest BCUT2D eigenvalue weighted by atomic mass is 35.5. The molecule has 0 spiro atoms. The van der Waals surface area contributed by atoms with Crippen LogP contribution in [0.25, 0.3) is 0 Å². The summed E-state index contributed by atoms with van der Waals surface area (Å²) in [6.07, 6.45) is 0. The van der Waals surface area contributed by atoms with Gasteiger partial charge in [0.05, 0.1) is 38.9 Å². The zero-order valence-electron chi connectivity index (χ0n) is 20.0. The quantitative estimate of drug-likeness (QED) is 0.470. The van der Waals surface area contributed by atoms with Gasteiger partial charge in [-0.1, -0.05) is 41.9 Å². The smallest absolute Gasteiger partial charge is 0.257 e. The number of ether oxygens (including phenoxy) is 1. The number of nitrogens with zero attached hydrogens (tertiary/aromatic N) is 2. The maximum atomic E-state index is 13.6. The normalized spacial score (nSPS) is 18.9. The van der Waals surface area contributed by atoms with Crippen molar-refractivity contribution in [1.82, 2.24) is 4.90 Å². The van der Waals surface area contributed by atoms with E-state index in [1.165, 1.54) is 31.4 Å². The number of para-hydroxylation sites is 1. The number of hydrogen-bond acceptors (Lipinski definition) is 7. The summed E-state index contributed by atoms with van der Waals surface area (Å²) >= 11 is 6.33. The van der Waals surface area contributed by atoms with Crippen LogP contribution in [0, 0.1) is 0 Å². The maximum Gasteiger partial charge on any atom is 0.257 e. The fourth-order valence-corrected chi connectivity index (χ4v) is 9.55. The number of rotatable bonds is 5. The van der Waals surface area contributed by atoms with Gasteiger partial charge in [-0.3, -0.25) is 4.79 Å². The molecule has 1 fully saturated rings. The SMILES string of the molecule is COc1c(C(=O)N2CCN(c3ccccc3Cl)CC2)ccc2c1C(S(=O)(=O)c1ccccc1)CS2(=O)=O. The molecule has 1 unspecified atom stereocenters. The van der Waals surface area contributed by atoms with Crippen molar-refractivity contribution in [2.45, 2.75) is 15.0 Å². The minimum atomic E-state index is -4.07. The van der Waals surface area contributed by atoms with E-state index in [0.29, 0.717) is 31.2 Å². The summed E-state index contributed by atoms with van der Waals surface area (Å²) < 4.78 is 58.5. The third-order valence-corrected chi connectivity index (χ3v) is 11.2. The standard InChI is InChI=1S/C26H25ClN2O6S2/c1-35-25-19(26(30)29-15-13-28(14-16-29)21-10-6-5-9-20(21)27)11-12-22-24(25)23(17-36(22,31)32)37(33,34)18-7-3-2-4-8-18/h2-12,23H,13-17H2,1H3. The molecule has 0 aromatic heterocycles. The van der Waals surface area contributed by atoms with Crippen LogP contribution in [0.2, 0.25) is 5.02 Å². The zero-order chi connectivity index (χ0) is 26.4. The van der Waals surface area contributed by atoms with Crippen LogP contribution >= 0.6 is 11.6 Å². The lowest BCUT2D eigenvalue weighted by Crippen LogP contribution is -2.49. The Hall–Kier alpha value is -3.08. The predicted molar refractivity (Wildman–Crippen MR) is 141 cm³/mol. The lowest BCUT2D eigenvalue weighted by atomic mass is 10.0. The van der Waals surface area contributed by atoms with Gasteiger partial charge >= 0.3 is 0 Å². The van der Waals surface area contributed by atoms with Crippen LogP contribution in [0.4, 0.5) is 5.69 Å². The second-order valence-electron chi connectivity index (χ2n) is 8.92. The van der Waals surface area contributed by atoms with E-state index >= 15 is 0 Å². The van der Waals surface area contributed by atoms with Gasteiger partial charge in [0.25, 0.3) is 5.91 Å². The molecule has 11 heteroatoms. The third-order valence-electron chi connectivity index (χ3n) is 6.82. The number of halogens is 1. The summed E-state index contributed by atoms with van der Waals surface area (Å²) in [7, 11) is -6.64. The third kappa shape index (κ3) is 4.47. The van der Waals surface area contributed by atoms with E-state index in [1.54, 1.807) is 23.1 Å². The molecule has 2 heterocycles. The summed E-state index contributed by atoms with van der Waals surface area (Å²) in [5, 5.41) is -0.746. The second kappa shape index (κ2) is 9.66. The average molecular weight is 561 g/mol. The van der Waals surface area contributed by atoms with Gasteiger partial charge in [-0.25, -0.2) is 16.8 Å². The average Bonchev–Trinajstić information content (AvgIpc) is 3.20. The van der Waals surface area contributed by atoms with E-state index in [1.807, 2.05) is 24.3 Å². The number of anilines is 1. The highest BCUT2D eigenvalue weighted by Crippen LogP contribution is 2.47. The van der Waals surface area contributed by atoms with E-state index in [9.17, 15) is 21.6 Å². The fraction of sp³-hybridized carbons (Fsp3) is 0.269. The Labute approximate surface area is 221 Å². The summed E-state index contributed by atoms with van der Waals surface area (Å²) in [5.41, 5.74) is 1.05. The van der Waals surface area contributed by atoms with Crippen LogP contribution in [0.15, 0.2) is 76.5 Å². The lowest BCUT2D eigenvalue weighted by molar-refractivity contribution is 0.0743.